The number of carbonyl (C=O) groups is 2. The number of methoxy groups -OCH3 is 1. The molecule has 0 unspecified atom stereocenters. The second kappa shape index (κ2) is 10.3. The molecule has 1 aliphatic rings. The Hall–Kier alpha value is -3.32. The van der Waals surface area contributed by atoms with Crippen LogP contribution in [0.2, 0.25) is 0 Å². The fraction of sp³-hybridized carbons (Fsp3) is 0.280. The molecule has 166 valence electrons. The lowest BCUT2D eigenvalue weighted by Gasteiger charge is -2.28. The number of thiophene rings is 1. The summed E-state index contributed by atoms with van der Waals surface area (Å²) in [5.41, 5.74) is 1.66. The number of rotatable bonds is 9. The smallest absolute Gasteiger partial charge is 0.322 e. The summed E-state index contributed by atoms with van der Waals surface area (Å²) in [6.45, 7) is 1.08. The summed E-state index contributed by atoms with van der Waals surface area (Å²) in [4.78, 5) is 31.1. The Morgan fingerprint density at radius 2 is 1.75 bits per heavy atom. The molecule has 0 radical (unpaired) electrons. The lowest BCUT2D eigenvalue weighted by atomic mass is 10.2. The number of carbonyl (C=O) groups excluding carboxylic acids is 2. The zero-order chi connectivity index (χ0) is 22.3. The van der Waals surface area contributed by atoms with Crippen LogP contribution in [0.5, 0.6) is 5.75 Å². The maximum Gasteiger partial charge on any atom is 0.322 e. The molecule has 1 aliphatic carbocycles. The van der Waals surface area contributed by atoms with Gasteiger partial charge in [-0.05, 0) is 42.0 Å². The highest BCUT2D eigenvalue weighted by molar-refractivity contribution is 7.09. The fourth-order valence-electron chi connectivity index (χ4n) is 3.56. The Balaban J connectivity index is 1.48. The number of benzene rings is 2. The van der Waals surface area contributed by atoms with Gasteiger partial charge in [-0.2, -0.15) is 0 Å². The normalized spacial score (nSPS) is 12.8. The van der Waals surface area contributed by atoms with E-state index in [0.717, 1.165) is 23.3 Å². The predicted octanol–water partition coefficient (Wildman–Crippen LogP) is 4.98. The summed E-state index contributed by atoms with van der Waals surface area (Å²) < 4.78 is 5.34. The number of urea groups is 1. The van der Waals surface area contributed by atoms with Crippen molar-refractivity contribution in [2.75, 3.05) is 19.0 Å². The summed E-state index contributed by atoms with van der Waals surface area (Å²) in [7, 11) is 1.57. The van der Waals surface area contributed by atoms with E-state index in [4.69, 9.17) is 4.74 Å². The summed E-state index contributed by atoms with van der Waals surface area (Å²) in [6.07, 6.45) is 1.83. The maximum atomic E-state index is 13.4. The predicted molar refractivity (Wildman–Crippen MR) is 127 cm³/mol. The van der Waals surface area contributed by atoms with Crippen molar-refractivity contribution in [3.8, 4) is 5.75 Å². The molecule has 3 amide bonds. The topological polar surface area (TPSA) is 61.9 Å². The van der Waals surface area contributed by atoms with Crippen molar-refractivity contribution >= 4 is 29.0 Å². The largest absolute Gasteiger partial charge is 0.495 e. The van der Waals surface area contributed by atoms with E-state index >= 15 is 0 Å². The minimum Gasteiger partial charge on any atom is -0.495 e. The van der Waals surface area contributed by atoms with Crippen molar-refractivity contribution in [1.29, 1.82) is 0 Å². The van der Waals surface area contributed by atoms with Crippen LogP contribution in [0.3, 0.4) is 0 Å². The van der Waals surface area contributed by atoms with Crippen LogP contribution in [-0.2, 0) is 17.9 Å². The van der Waals surface area contributed by atoms with Gasteiger partial charge in [-0.3, -0.25) is 4.79 Å². The number of ether oxygens (including phenoxy) is 1. The van der Waals surface area contributed by atoms with E-state index in [2.05, 4.69) is 5.32 Å². The summed E-state index contributed by atoms with van der Waals surface area (Å²) in [5, 5.41) is 4.93. The van der Waals surface area contributed by atoms with Crippen molar-refractivity contribution < 1.29 is 14.3 Å². The zero-order valence-electron chi connectivity index (χ0n) is 18.1. The minimum atomic E-state index is -0.277. The molecule has 0 atom stereocenters. The average Bonchev–Trinajstić information content (AvgIpc) is 3.53. The van der Waals surface area contributed by atoms with E-state index < -0.39 is 0 Å². The third kappa shape index (κ3) is 5.68. The van der Waals surface area contributed by atoms with Crippen LogP contribution in [0, 0.1) is 0 Å². The molecule has 1 saturated carbocycles. The number of nitrogens with zero attached hydrogens (tertiary/aromatic N) is 2. The van der Waals surface area contributed by atoms with Crippen molar-refractivity contribution in [2.24, 2.45) is 0 Å². The third-order valence-electron chi connectivity index (χ3n) is 5.40. The Bertz CT molecular complexity index is 1040. The van der Waals surface area contributed by atoms with E-state index in [0.29, 0.717) is 24.5 Å². The van der Waals surface area contributed by atoms with Crippen molar-refractivity contribution in [3.05, 3.63) is 82.6 Å². The van der Waals surface area contributed by atoms with Gasteiger partial charge < -0.3 is 19.9 Å². The third-order valence-corrected chi connectivity index (χ3v) is 6.26. The highest BCUT2D eigenvalue weighted by Crippen LogP contribution is 2.29. The van der Waals surface area contributed by atoms with Gasteiger partial charge >= 0.3 is 6.03 Å². The van der Waals surface area contributed by atoms with Gasteiger partial charge in [-0.15, -0.1) is 11.3 Å². The first-order valence-corrected chi connectivity index (χ1v) is 11.6. The van der Waals surface area contributed by atoms with Crippen LogP contribution >= 0.6 is 11.3 Å². The molecule has 2 aromatic carbocycles. The second-order valence-corrected chi connectivity index (χ2v) is 8.84. The molecule has 0 aliphatic heterocycles. The van der Waals surface area contributed by atoms with Crippen LogP contribution in [0.4, 0.5) is 10.5 Å². The Morgan fingerprint density at radius 1 is 1.00 bits per heavy atom. The van der Waals surface area contributed by atoms with Crippen molar-refractivity contribution in [2.45, 2.75) is 32.0 Å². The van der Waals surface area contributed by atoms with Gasteiger partial charge in [0.1, 0.15) is 12.3 Å². The van der Waals surface area contributed by atoms with E-state index in [1.165, 1.54) is 0 Å². The van der Waals surface area contributed by atoms with Gasteiger partial charge in [0.25, 0.3) is 0 Å². The first-order chi connectivity index (χ1) is 15.6. The van der Waals surface area contributed by atoms with Crippen LogP contribution in [0.15, 0.2) is 72.1 Å². The molecular formula is C25H27N3O3S. The van der Waals surface area contributed by atoms with Crippen LogP contribution in [0.25, 0.3) is 0 Å². The molecule has 1 aromatic heterocycles. The van der Waals surface area contributed by atoms with E-state index in [9.17, 15) is 9.59 Å². The standard InChI is InChI=1S/C25H27N3O3S/c1-31-23-12-6-5-11-22(23)26-25(30)28(20-13-14-20)18-24(29)27(17-21-10-7-15-32-21)16-19-8-3-2-4-9-19/h2-12,15,20H,13-14,16-18H2,1H3,(H,26,30). The van der Waals surface area contributed by atoms with E-state index in [1.54, 1.807) is 35.5 Å². The molecule has 6 nitrogen and oxygen atoms in total. The van der Waals surface area contributed by atoms with Crippen LogP contribution in [-0.4, -0.2) is 41.4 Å². The first-order valence-electron chi connectivity index (χ1n) is 10.7. The number of anilines is 1. The lowest BCUT2D eigenvalue weighted by molar-refractivity contribution is -0.133. The maximum absolute atomic E-state index is 13.4. The molecule has 0 spiro atoms. The van der Waals surface area contributed by atoms with E-state index in [1.807, 2.05) is 64.9 Å². The molecule has 32 heavy (non-hydrogen) atoms. The molecular weight excluding hydrogens is 422 g/mol. The van der Waals surface area contributed by atoms with Gasteiger partial charge in [-0.1, -0.05) is 48.5 Å². The molecule has 3 aromatic rings. The molecule has 1 heterocycles. The molecule has 1 N–H and O–H groups in total. The van der Waals surface area contributed by atoms with Crippen molar-refractivity contribution in [1.82, 2.24) is 9.80 Å². The Morgan fingerprint density at radius 3 is 2.44 bits per heavy atom. The Labute approximate surface area is 192 Å². The average molecular weight is 450 g/mol. The number of amides is 3. The SMILES string of the molecule is COc1ccccc1NC(=O)N(CC(=O)N(Cc1ccccc1)Cc1cccs1)C1CC1. The monoisotopic (exact) mass is 449 g/mol. The lowest BCUT2D eigenvalue weighted by Crippen LogP contribution is -2.45. The molecule has 7 heteroatoms. The molecule has 0 saturated heterocycles. The second-order valence-electron chi connectivity index (χ2n) is 7.80. The first kappa shape index (κ1) is 21.9. The number of hydrogen-bond donors (Lipinski definition) is 1. The number of nitrogens with one attached hydrogen (secondary N) is 1. The van der Waals surface area contributed by atoms with Crippen LogP contribution in [0.1, 0.15) is 23.3 Å². The minimum absolute atomic E-state index is 0.0455. The molecule has 0 bridgehead atoms. The van der Waals surface area contributed by atoms with Gasteiger partial charge in [0.15, 0.2) is 0 Å². The summed E-state index contributed by atoms with van der Waals surface area (Å²) in [5.74, 6) is 0.524. The molecule has 4 rings (SSSR count). The van der Waals surface area contributed by atoms with Crippen molar-refractivity contribution in [3.63, 3.8) is 0 Å². The quantitative estimate of drug-likeness (QED) is 0.501. The number of hydrogen-bond acceptors (Lipinski definition) is 4. The summed E-state index contributed by atoms with van der Waals surface area (Å²) >= 11 is 1.63. The van der Waals surface area contributed by atoms with Crippen LogP contribution < -0.4 is 10.1 Å². The molecule has 1 fully saturated rings. The Kier molecular flexibility index (Phi) is 7.07. The highest BCUT2D eigenvalue weighted by Gasteiger charge is 2.35. The fourth-order valence-corrected chi connectivity index (χ4v) is 4.28. The number of para-hydroxylation sites is 2. The van der Waals surface area contributed by atoms with Gasteiger partial charge in [0.2, 0.25) is 5.91 Å². The van der Waals surface area contributed by atoms with Gasteiger partial charge in [-0.25, -0.2) is 4.79 Å². The van der Waals surface area contributed by atoms with Gasteiger partial charge in [0.05, 0.1) is 19.3 Å². The highest BCUT2D eigenvalue weighted by atomic mass is 32.1. The van der Waals surface area contributed by atoms with E-state index in [-0.39, 0.29) is 24.5 Å². The summed E-state index contributed by atoms with van der Waals surface area (Å²) in [6, 6.07) is 21.1. The zero-order valence-corrected chi connectivity index (χ0v) is 18.9. The van der Waals surface area contributed by atoms with Gasteiger partial charge in [0, 0.05) is 17.5 Å².